The van der Waals surface area contributed by atoms with E-state index >= 15 is 0 Å². The van der Waals surface area contributed by atoms with Crippen LogP contribution in [-0.4, -0.2) is 16.7 Å². The van der Waals surface area contributed by atoms with Crippen molar-refractivity contribution in [3.05, 3.63) is 28.8 Å². The van der Waals surface area contributed by atoms with Crippen LogP contribution in [0.15, 0.2) is 23.3 Å². The monoisotopic (exact) mass is 306 g/mol. The van der Waals surface area contributed by atoms with E-state index in [9.17, 15) is 9.90 Å². The van der Waals surface area contributed by atoms with E-state index < -0.39 is 5.91 Å². The van der Waals surface area contributed by atoms with Crippen molar-refractivity contribution in [2.24, 2.45) is 22.9 Å². The number of hydrogen-bond acceptors (Lipinski definition) is 3. The van der Waals surface area contributed by atoms with Crippen LogP contribution in [0.5, 0.6) is 5.75 Å². The van der Waals surface area contributed by atoms with Gasteiger partial charge in [-0.05, 0) is 56.2 Å². The third kappa shape index (κ3) is 2.91. The van der Waals surface area contributed by atoms with Crippen LogP contribution in [0.1, 0.15) is 43.0 Å². The molecule has 1 aromatic rings. The second-order valence-electron chi connectivity index (χ2n) is 6.14. The lowest BCUT2D eigenvalue weighted by Crippen LogP contribution is -2.24. The number of phenols is 1. The van der Waals surface area contributed by atoms with E-state index in [2.05, 4.69) is 10.5 Å². The molecule has 0 unspecified atom stereocenters. The van der Waals surface area contributed by atoms with E-state index in [1.165, 1.54) is 37.8 Å². The Kier molecular flexibility index (Phi) is 3.89. The molecule has 0 saturated heterocycles. The standard InChI is InChI=1S/C16H19ClN2O2/c1-9(14-7-10-2-3-11(14)6-10)18-19-16(21)13-5-4-12(17)8-15(13)20/h4-5,8,10-11,14,20H,2-3,6-7H2,1H3,(H,19,21)/b18-9+/t10-,11+,14-/m0/s1. The highest BCUT2D eigenvalue weighted by Crippen LogP contribution is 2.48. The number of carbonyl (C=O) groups excluding carboxylic acids is 1. The number of nitrogens with one attached hydrogen (secondary N) is 1. The lowest BCUT2D eigenvalue weighted by molar-refractivity contribution is 0.0952. The third-order valence-electron chi connectivity index (χ3n) is 4.81. The predicted octanol–water partition coefficient (Wildman–Crippen LogP) is 3.59. The molecule has 2 saturated carbocycles. The van der Waals surface area contributed by atoms with Crippen molar-refractivity contribution in [3.63, 3.8) is 0 Å². The molecule has 1 aromatic carbocycles. The van der Waals surface area contributed by atoms with Gasteiger partial charge in [-0.1, -0.05) is 18.0 Å². The summed E-state index contributed by atoms with van der Waals surface area (Å²) in [5.74, 6) is 1.54. The molecule has 2 N–H and O–H groups in total. The topological polar surface area (TPSA) is 61.7 Å². The summed E-state index contributed by atoms with van der Waals surface area (Å²) in [6.07, 6.45) is 5.14. The number of phenolic OH excluding ortho intramolecular Hbond substituents is 1. The van der Waals surface area contributed by atoms with E-state index in [1.807, 2.05) is 6.92 Å². The van der Waals surface area contributed by atoms with Crippen molar-refractivity contribution in [3.8, 4) is 5.75 Å². The molecule has 0 aromatic heterocycles. The fourth-order valence-electron chi connectivity index (χ4n) is 3.74. The number of halogens is 1. The highest BCUT2D eigenvalue weighted by atomic mass is 35.5. The molecule has 3 rings (SSSR count). The van der Waals surface area contributed by atoms with Crippen molar-refractivity contribution in [1.29, 1.82) is 0 Å². The van der Waals surface area contributed by atoms with Crippen molar-refractivity contribution >= 4 is 23.2 Å². The van der Waals surface area contributed by atoms with Gasteiger partial charge in [0.1, 0.15) is 5.75 Å². The quantitative estimate of drug-likeness (QED) is 0.662. The van der Waals surface area contributed by atoms with Crippen LogP contribution in [-0.2, 0) is 0 Å². The predicted molar refractivity (Wildman–Crippen MR) is 82.6 cm³/mol. The minimum Gasteiger partial charge on any atom is -0.507 e. The van der Waals surface area contributed by atoms with Gasteiger partial charge >= 0.3 is 0 Å². The lowest BCUT2D eigenvalue weighted by atomic mass is 9.86. The fourth-order valence-corrected chi connectivity index (χ4v) is 3.90. The van der Waals surface area contributed by atoms with Gasteiger partial charge in [-0.15, -0.1) is 0 Å². The van der Waals surface area contributed by atoms with E-state index in [0.717, 1.165) is 17.5 Å². The largest absolute Gasteiger partial charge is 0.507 e. The van der Waals surface area contributed by atoms with Gasteiger partial charge in [0, 0.05) is 16.7 Å². The second-order valence-corrected chi connectivity index (χ2v) is 6.57. The maximum Gasteiger partial charge on any atom is 0.275 e. The van der Waals surface area contributed by atoms with Crippen LogP contribution in [0.4, 0.5) is 0 Å². The molecule has 112 valence electrons. The summed E-state index contributed by atoms with van der Waals surface area (Å²) >= 11 is 5.75. The number of nitrogens with zero attached hydrogens (tertiary/aromatic N) is 1. The smallest absolute Gasteiger partial charge is 0.275 e. The zero-order chi connectivity index (χ0) is 15.0. The number of aromatic hydroxyl groups is 1. The number of benzene rings is 1. The Morgan fingerprint density at radius 3 is 2.81 bits per heavy atom. The summed E-state index contributed by atoms with van der Waals surface area (Å²) in [5, 5.41) is 14.4. The van der Waals surface area contributed by atoms with Gasteiger partial charge in [-0.25, -0.2) is 5.43 Å². The van der Waals surface area contributed by atoms with Gasteiger partial charge in [-0.3, -0.25) is 4.79 Å². The maximum absolute atomic E-state index is 12.0. The minimum absolute atomic E-state index is 0.132. The van der Waals surface area contributed by atoms with Crippen LogP contribution in [0, 0.1) is 17.8 Å². The minimum atomic E-state index is -0.410. The normalized spacial score (nSPS) is 27.9. The first kappa shape index (κ1) is 14.4. The first-order chi connectivity index (χ1) is 10.0. The van der Waals surface area contributed by atoms with Crippen molar-refractivity contribution in [2.45, 2.75) is 32.6 Å². The zero-order valence-electron chi connectivity index (χ0n) is 12.0. The Morgan fingerprint density at radius 1 is 1.38 bits per heavy atom. The number of fused-ring (bicyclic) bond motifs is 2. The zero-order valence-corrected chi connectivity index (χ0v) is 12.7. The molecule has 2 aliphatic carbocycles. The Morgan fingerprint density at radius 2 is 2.19 bits per heavy atom. The fraction of sp³-hybridized carbons (Fsp3) is 0.500. The second kappa shape index (κ2) is 5.68. The number of carbonyl (C=O) groups is 1. The summed E-state index contributed by atoms with van der Waals surface area (Å²) < 4.78 is 0. The van der Waals surface area contributed by atoms with Crippen LogP contribution >= 0.6 is 11.6 Å². The van der Waals surface area contributed by atoms with Gasteiger partial charge in [0.2, 0.25) is 0 Å². The van der Waals surface area contributed by atoms with Gasteiger partial charge in [-0.2, -0.15) is 5.10 Å². The molecule has 2 aliphatic rings. The molecule has 4 nitrogen and oxygen atoms in total. The van der Waals surface area contributed by atoms with Crippen molar-refractivity contribution in [2.75, 3.05) is 0 Å². The molecule has 0 aliphatic heterocycles. The molecule has 3 atom stereocenters. The van der Waals surface area contributed by atoms with E-state index in [0.29, 0.717) is 10.9 Å². The molecule has 21 heavy (non-hydrogen) atoms. The molecular formula is C16H19ClN2O2. The van der Waals surface area contributed by atoms with Crippen LogP contribution in [0.3, 0.4) is 0 Å². The van der Waals surface area contributed by atoms with Gasteiger partial charge in [0.15, 0.2) is 0 Å². The summed E-state index contributed by atoms with van der Waals surface area (Å²) in [7, 11) is 0. The molecule has 0 radical (unpaired) electrons. The third-order valence-corrected chi connectivity index (χ3v) is 5.05. The molecule has 1 amide bonds. The summed E-state index contributed by atoms with van der Waals surface area (Å²) in [6, 6.07) is 4.42. The first-order valence-corrected chi connectivity index (χ1v) is 7.75. The highest BCUT2D eigenvalue weighted by Gasteiger charge is 2.40. The van der Waals surface area contributed by atoms with Crippen LogP contribution in [0.2, 0.25) is 5.02 Å². The summed E-state index contributed by atoms with van der Waals surface area (Å²) in [5.41, 5.74) is 3.72. The maximum atomic E-state index is 12.0. The Balaban J connectivity index is 1.66. The van der Waals surface area contributed by atoms with E-state index in [4.69, 9.17) is 11.6 Å². The van der Waals surface area contributed by atoms with E-state index in [-0.39, 0.29) is 11.3 Å². The molecule has 2 bridgehead atoms. The van der Waals surface area contributed by atoms with E-state index in [1.54, 1.807) is 6.07 Å². The van der Waals surface area contributed by atoms with Gasteiger partial charge in [0.05, 0.1) is 5.56 Å². The van der Waals surface area contributed by atoms with Crippen molar-refractivity contribution in [1.82, 2.24) is 5.43 Å². The summed E-state index contributed by atoms with van der Waals surface area (Å²) in [6.45, 7) is 1.98. The molecule has 2 fully saturated rings. The molecular weight excluding hydrogens is 288 g/mol. The Hall–Kier alpha value is -1.55. The Labute approximate surface area is 129 Å². The van der Waals surface area contributed by atoms with Crippen molar-refractivity contribution < 1.29 is 9.90 Å². The number of hydrogen-bond donors (Lipinski definition) is 2. The SMILES string of the molecule is C/C(=N\NC(=O)c1ccc(Cl)cc1O)[C@@H]1C[C@H]2CC[C@@H]1C2. The van der Waals surface area contributed by atoms with Gasteiger partial charge < -0.3 is 5.11 Å². The van der Waals surface area contributed by atoms with Crippen LogP contribution in [0.25, 0.3) is 0 Å². The first-order valence-electron chi connectivity index (χ1n) is 7.37. The molecule has 5 heteroatoms. The van der Waals surface area contributed by atoms with Gasteiger partial charge in [0.25, 0.3) is 5.91 Å². The lowest BCUT2D eigenvalue weighted by Gasteiger charge is -2.21. The average molecular weight is 307 g/mol. The molecule has 0 spiro atoms. The van der Waals surface area contributed by atoms with Crippen LogP contribution < -0.4 is 5.43 Å². The number of hydrazone groups is 1. The highest BCUT2D eigenvalue weighted by molar-refractivity contribution is 6.30. The number of rotatable bonds is 3. The average Bonchev–Trinajstić information content (AvgIpc) is 3.07. The number of amides is 1. The molecule has 0 heterocycles. The summed E-state index contributed by atoms with van der Waals surface area (Å²) in [4.78, 5) is 12.0. The Bertz CT molecular complexity index is 600.